The van der Waals surface area contributed by atoms with E-state index in [0.29, 0.717) is 25.9 Å². The molecule has 8 heteroatoms. The molecule has 0 aromatic rings. The van der Waals surface area contributed by atoms with Crippen molar-refractivity contribution in [3.8, 4) is 0 Å². The number of esters is 2. The van der Waals surface area contributed by atoms with Crippen molar-refractivity contribution in [2.45, 2.75) is 33.1 Å². The molecule has 2 amide bonds. The first-order valence-corrected chi connectivity index (χ1v) is 6.72. The van der Waals surface area contributed by atoms with Crippen molar-refractivity contribution in [3.63, 3.8) is 0 Å². The van der Waals surface area contributed by atoms with Crippen molar-refractivity contribution in [2.75, 3.05) is 26.3 Å². The molecule has 21 heavy (non-hydrogen) atoms. The lowest BCUT2D eigenvalue weighted by atomic mass is 10.3. The van der Waals surface area contributed by atoms with E-state index in [1.54, 1.807) is 0 Å². The monoisotopic (exact) mass is 302 g/mol. The maximum Gasteiger partial charge on any atom is 0.302 e. The van der Waals surface area contributed by atoms with Crippen molar-refractivity contribution in [1.82, 2.24) is 10.6 Å². The molecular formula is C13H22N2O6. The van der Waals surface area contributed by atoms with Crippen molar-refractivity contribution in [2.24, 2.45) is 0 Å². The van der Waals surface area contributed by atoms with E-state index in [4.69, 9.17) is 9.47 Å². The summed E-state index contributed by atoms with van der Waals surface area (Å²) in [5.74, 6) is -1.52. The van der Waals surface area contributed by atoms with Gasteiger partial charge >= 0.3 is 11.9 Å². The quantitative estimate of drug-likeness (QED) is 0.320. The maximum atomic E-state index is 11.4. The summed E-state index contributed by atoms with van der Waals surface area (Å²) >= 11 is 0. The van der Waals surface area contributed by atoms with E-state index in [0.717, 1.165) is 0 Å². The molecule has 0 aliphatic carbocycles. The molecule has 0 heterocycles. The highest BCUT2D eigenvalue weighted by Crippen LogP contribution is 1.86. The van der Waals surface area contributed by atoms with Crippen LogP contribution in [0, 0.1) is 0 Å². The minimum atomic E-state index is -0.393. The molecule has 8 nitrogen and oxygen atoms in total. The number of nitrogens with one attached hydrogen (secondary N) is 2. The lowest BCUT2D eigenvalue weighted by molar-refractivity contribution is -0.142. The fraction of sp³-hybridized carbons (Fsp3) is 0.692. The number of ether oxygens (including phenoxy) is 2. The van der Waals surface area contributed by atoms with E-state index in [9.17, 15) is 19.2 Å². The zero-order valence-corrected chi connectivity index (χ0v) is 12.4. The van der Waals surface area contributed by atoms with Crippen molar-refractivity contribution in [3.05, 3.63) is 0 Å². The van der Waals surface area contributed by atoms with Crippen LogP contribution in [0.5, 0.6) is 0 Å². The summed E-state index contributed by atoms with van der Waals surface area (Å²) in [6.45, 7) is 3.77. The van der Waals surface area contributed by atoms with Gasteiger partial charge in [-0.1, -0.05) is 0 Å². The Morgan fingerprint density at radius 2 is 1.14 bits per heavy atom. The van der Waals surface area contributed by atoms with E-state index in [-0.39, 0.29) is 31.6 Å². The molecule has 2 N–H and O–H groups in total. The van der Waals surface area contributed by atoms with Crippen LogP contribution in [0.15, 0.2) is 0 Å². The third kappa shape index (κ3) is 14.1. The van der Waals surface area contributed by atoms with E-state index in [1.807, 2.05) is 0 Å². The maximum absolute atomic E-state index is 11.4. The van der Waals surface area contributed by atoms with Crippen LogP contribution in [-0.2, 0) is 28.7 Å². The van der Waals surface area contributed by atoms with Gasteiger partial charge in [0.1, 0.15) is 6.42 Å². The van der Waals surface area contributed by atoms with E-state index in [1.165, 1.54) is 13.8 Å². The Hall–Kier alpha value is -2.12. The van der Waals surface area contributed by atoms with Crippen LogP contribution in [0.3, 0.4) is 0 Å². The third-order valence-electron chi connectivity index (χ3n) is 2.22. The van der Waals surface area contributed by atoms with E-state index in [2.05, 4.69) is 10.6 Å². The Bertz CT molecular complexity index is 336. The third-order valence-corrected chi connectivity index (χ3v) is 2.22. The molecule has 0 fully saturated rings. The smallest absolute Gasteiger partial charge is 0.302 e. The van der Waals surface area contributed by atoms with Crippen LogP contribution in [0.1, 0.15) is 33.1 Å². The van der Waals surface area contributed by atoms with Gasteiger partial charge < -0.3 is 20.1 Å². The van der Waals surface area contributed by atoms with Crippen LogP contribution >= 0.6 is 0 Å². The van der Waals surface area contributed by atoms with Crippen LogP contribution in [0.25, 0.3) is 0 Å². The Kier molecular flexibility index (Phi) is 10.5. The predicted molar refractivity (Wildman–Crippen MR) is 73.1 cm³/mol. The summed E-state index contributed by atoms with van der Waals surface area (Å²) in [6.07, 6.45) is 0.728. The fourth-order valence-corrected chi connectivity index (χ4v) is 1.30. The van der Waals surface area contributed by atoms with Gasteiger partial charge in [0.15, 0.2) is 0 Å². The molecule has 120 valence electrons. The molecule has 0 aliphatic rings. The largest absolute Gasteiger partial charge is 0.466 e. The van der Waals surface area contributed by atoms with Crippen LogP contribution in [0.4, 0.5) is 0 Å². The van der Waals surface area contributed by atoms with Gasteiger partial charge in [0.05, 0.1) is 13.2 Å². The minimum Gasteiger partial charge on any atom is -0.466 e. The molecule has 0 saturated carbocycles. The number of rotatable bonds is 10. The van der Waals surface area contributed by atoms with Gasteiger partial charge in [-0.05, 0) is 12.8 Å². The summed E-state index contributed by atoms with van der Waals surface area (Å²) < 4.78 is 9.38. The molecule has 0 aromatic heterocycles. The molecular weight excluding hydrogens is 280 g/mol. The van der Waals surface area contributed by atoms with Gasteiger partial charge in [-0.25, -0.2) is 0 Å². The average molecular weight is 302 g/mol. The van der Waals surface area contributed by atoms with Gasteiger partial charge in [0, 0.05) is 26.9 Å². The van der Waals surface area contributed by atoms with E-state index < -0.39 is 11.8 Å². The average Bonchev–Trinajstić information content (AvgIpc) is 2.37. The molecule has 0 unspecified atom stereocenters. The lowest BCUT2D eigenvalue weighted by Gasteiger charge is -2.07. The highest BCUT2D eigenvalue weighted by Gasteiger charge is 2.08. The van der Waals surface area contributed by atoms with Crippen LogP contribution in [-0.4, -0.2) is 50.1 Å². The number of hydrogen-bond donors (Lipinski definition) is 2. The number of hydrogen-bond acceptors (Lipinski definition) is 6. The topological polar surface area (TPSA) is 111 Å². The second-order valence-corrected chi connectivity index (χ2v) is 4.26. The summed E-state index contributed by atoms with van der Waals surface area (Å²) in [6, 6.07) is 0. The molecule has 0 saturated heterocycles. The van der Waals surface area contributed by atoms with E-state index >= 15 is 0 Å². The van der Waals surface area contributed by atoms with Crippen LogP contribution in [0.2, 0.25) is 0 Å². The van der Waals surface area contributed by atoms with Gasteiger partial charge in [-0.15, -0.1) is 0 Å². The van der Waals surface area contributed by atoms with Gasteiger partial charge in [-0.2, -0.15) is 0 Å². The summed E-state index contributed by atoms with van der Waals surface area (Å²) in [5, 5.41) is 5.09. The first-order chi connectivity index (χ1) is 9.91. The zero-order valence-electron chi connectivity index (χ0n) is 12.4. The standard InChI is InChI=1S/C13H22N2O6/c1-10(16)20-7-3-5-14-12(18)9-13(19)15-6-4-8-21-11(2)17/h3-9H2,1-2H3,(H,14,18)(H,15,19). The minimum absolute atomic E-state index is 0.234. The van der Waals surface area contributed by atoms with Crippen molar-refractivity contribution in [1.29, 1.82) is 0 Å². The van der Waals surface area contributed by atoms with Crippen molar-refractivity contribution < 1.29 is 28.7 Å². The number of amides is 2. The van der Waals surface area contributed by atoms with Crippen molar-refractivity contribution >= 4 is 23.8 Å². The second kappa shape index (κ2) is 11.7. The molecule has 0 radical (unpaired) electrons. The summed E-state index contributed by atoms with van der Waals surface area (Å²) in [5.41, 5.74) is 0. The van der Waals surface area contributed by atoms with Gasteiger partial charge in [0.2, 0.25) is 11.8 Å². The second-order valence-electron chi connectivity index (χ2n) is 4.26. The highest BCUT2D eigenvalue weighted by molar-refractivity contribution is 5.96. The molecule has 0 rings (SSSR count). The number of carbonyl (C=O) groups is 4. The number of carbonyl (C=O) groups excluding carboxylic acids is 4. The molecule has 0 atom stereocenters. The molecule has 0 aromatic carbocycles. The molecule has 0 bridgehead atoms. The first-order valence-electron chi connectivity index (χ1n) is 6.72. The Balaban J connectivity index is 3.50. The Morgan fingerprint density at radius 1 is 0.762 bits per heavy atom. The molecule has 0 aliphatic heterocycles. The normalized spacial score (nSPS) is 9.62. The Labute approximate surface area is 123 Å². The predicted octanol–water partition coefficient (Wildman–Crippen LogP) is -0.485. The van der Waals surface area contributed by atoms with Crippen LogP contribution < -0.4 is 10.6 Å². The SMILES string of the molecule is CC(=O)OCCCNC(=O)CC(=O)NCCCOC(C)=O. The highest BCUT2D eigenvalue weighted by atomic mass is 16.5. The van der Waals surface area contributed by atoms with Gasteiger partial charge in [-0.3, -0.25) is 19.2 Å². The Morgan fingerprint density at radius 3 is 1.48 bits per heavy atom. The lowest BCUT2D eigenvalue weighted by Crippen LogP contribution is -2.33. The fourth-order valence-electron chi connectivity index (χ4n) is 1.30. The summed E-state index contributed by atoms with van der Waals surface area (Å²) in [4.78, 5) is 43.7. The van der Waals surface area contributed by atoms with Gasteiger partial charge in [0.25, 0.3) is 0 Å². The zero-order chi connectivity index (χ0) is 16.1. The summed E-state index contributed by atoms with van der Waals surface area (Å²) in [7, 11) is 0. The first kappa shape index (κ1) is 18.9. The molecule has 0 spiro atoms.